The molecule has 0 aliphatic rings. The molecular weight excluding hydrogens is 330 g/mol. The lowest BCUT2D eigenvalue weighted by atomic mass is 10.1. The Morgan fingerprint density at radius 1 is 1.24 bits per heavy atom. The number of hydrogen-bond acceptors (Lipinski definition) is 3. The minimum absolute atomic E-state index is 0.0560. The van der Waals surface area contributed by atoms with E-state index in [2.05, 4.69) is 27.4 Å². The van der Waals surface area contributed by atoms with E-state index in [-0.39, 0.29) is 5.91 Å². The molecule has 0 aliphatic carbocycles. The standard InChI is InChI=1S/C20H19N3OS/c1-13-22-18-10-9-15(11-19(18)25-13)23-20(24)8-4-5-14-12-21-17-7-3-2-6-16(14)17/h2-3,6-7,9-12,21H,4-5,8H2,1H3,(H,23,24). The van der Waals surface area contributed by atoms with Crippen molar-refractivity contribution in [2.45, 2.75) is 26.2 Å². The zero-order valence-corrected chi connectivity index (χ0v) is 14.8. The highest BCUT2D eigenvalue weighted by atomic mass is 32.1. The van der Waals surface area contributed by atoms with Crippen LogP contribution in [0.1, 0.15) is 23.4 Å². The molecule has 0 saturated heterocycles. The second kappa shape index (κ2) is 6.69. The first-order valence-corrected chi connectivity index (χ1v) is 9.23. The lowest BCUT2D eigenvalue weighted by Crippen LogP contribution is -2.11. The Kier molecular flexibility index (Phi) is 4.24. The van der Waals surface area contributed by atoms with E-state index in [9.17, 15) is 4.79 Å². The Morgan fingerprint density at radius 2 is 2.12 bits per heavy atom. The van der Waals surface area contributed by atoms with E-state index in [0.29, 0.717) is 6.42 Å². The van der Waals surface area contributed by atoms with Crippen molar-refractivity contribution in [2.24, 2.45) is 0 Å². The predicted molar refractivity (Wildman–Crippen MR) is 104 cm³/mol. The van der Waals surface area contributed by atoms with Crippen molar-refractivity contribution in [2.75, 3.05) is 5.32 Å². The molecule has 2 heterocycles. The summed E-state index contributed by atoms with van der Waals surface area (Å²) in [6.07, 6.45) is 4.28. The normalized spacial score (nSPS) is 11.2. The van der Waals surface area contributed by atoms with Gasteiger partial charge in [0.1, 0.15) is 0 Å². The molecule has 4 aromatic rings. The third kappa shape index (κ3) is 3.42. The Hall–Kier alpha value is -2.66. The number of aromatic amines is 1. The van der Waals surface area contributed by atoms with Gasteiger partial charge in [-0.15, -0.1) is 11.3 Å². The molecule has 0 spiro atoms. The zero-order chi connectivity index (χ0) is 17.2. The number of benzene rings is 2. The van der Waals surface area contributed by atoms with Crippen molar-refractivity contribution in [3.8, 4) is 0 Å². The van der Waals surface area contributed by atoms with Gasteiger partial charge in [0.15, 0.2) is 0 Å². The SMILES string of the molecule is Cc1nc2ccc(NC(=O)CCCc3c[nH]c4ccccc34)cc2s1. The molecule has 2 aromatic carbocycles. The number of anilines is 1. The van der Waals surface area contributed by atoms with Crippen LogP contribution in [0.2, 0.25) is 0 Å². The van der Waals surface area contributed by atoms with Crippen LogP contribution in [0.4, 0.5) is 5.69 Å². The molecule has 2 N–H and O–H groups in total. The summed E-state index contributed by atoms with van der Waals surface area (Å²) in [4.78, 5) is 19.9. The van der Waals surface area contributed by atoms with Gasteiger partial charge in [0, 0.05) is 29.2 Å². The first-order chi connectivity index (χ1) is 12.2. The number of para-hydroxylation sites is 1. The summed E-state index contributed by atoms with van der Waals surface area (Å²) in [6.45, 7) is 1.99. The average molecular weight is 349 g/mol. The highest BCUT2D eigenvalue weighted by molar-refractivity contribution is 7.18. The molecule has 0 unspecified atom stereocenters. The molecule has 0 aliphatic heterocycles. The van der Waals surface area contributed by atoms with Crippen LogP contribution in [0, 0.1) is 6.92 Å². The van der Waals surface area contributed by atoms with E-state index in [1.165, 1.54) is 10.9 Å². The number of carbonyl (C=O) groups is 1. The summed E-state index contributed by atoms with van der Waals surface area (Å²) >= 11 is 1.64. The monoisotopic (exact) mass is 349 g/mol. The van der Waals surface area contributed by atoms with Crippen LogP contribution in [0.5, 0.6) is 0 Å². The summed E-state index contributed by atoms with van der Waals surface area (Å²) in [7, 11) is 0. The number of rotatable bonds is 5. The molecular formula is C20H19N3OS. The molecule has 0 saturated carbocycles. The fourth-order valence-corrected chi connectivity index (χ4v) is 3.99. The van der Waals surface area contributed by atoms with Gasteiger partial charge in [-0.25, -0.2) is 4.98 Å². The largest absolute Gasteiger partial charge is 0.361 e. The molecule has 4 rings (SSSR count). The second-order valence-electron chi connectivity index (χ2n) is 6.18. The Morgan fingerprint density at radius 3 is 3.04 bits per heavy atom. The number of nitrogens with one attached hydrogen (secondary N) is 2. The van der Waals surface area contributed by atoms with Gasteiger partial charge in [-0.1, -0.05) is 18.2 Å². The summed E-state index contributed by atoms with van der Waals surface area (Å²) < 4.78 is 1.11. The summed E-state index contributed by atoms with van der Waals surface area (Å²) in [6, 6.07) is 14.1. The second-order valence-corrected chi connectivity index (χ2v) is 7.41. The molecule has 25 heavy (non-hydrogen) atoms. The Labute approximate surface area is 149 Å². The maximum absolute atomic E-state index is 12.2. The topological polar surface area (TPSA) is 57.8 Å². The van der Waals surface area contributed by atoms with E-state index < -0.39 is 0 Å². The Bertz CT molecular complexity index is 1050. The minimum Gasteiger partial charge on any atom is -0.361 e. The van der Waals surface area contributed by atoms with Crippen LogP contribution in [0.15, 0.2) is 48.7 Å². The maximum atomic E-state index is 12.2. The highest BCUT2D eigenvalue weighted by Crippen LogP contribution is 2.25. The Balaban J connectivity index is 1.35. The lowest BCUT2D eigenvalue weighted by molar-refractivity contribution is -0.116. The first-order valence-electron chi connectivity index (χ1n) is 8.41. The van der Waals surface area contributed by atoms with E-state index >= 15 is 0 Å². The first kappa shape index (κ1) is 15.8. The van der Waals surface area contributed by atoms with E-state index in [0.717, 1.165) is 39.3 Å². The molecule has 0 atom stereocenters. The van der Waals surface area contributed by atoms with Crippen LogP contribution in [-0.4, -0.2) is 15.9 Å². The van der Waals surface area contributed by atoms with Gasteiger partial charge in [0.2, 0.25) is 5.91 Å². The summed E-state index contributed by atoms with van der Waals surface area (Å²) in [5.41, 5.74) is 4.24. The number of thiazole rings is 1. The number of aromatic nitrogens is 2. The number of carbonyl (C=O) groups excluding carboxylic acids is 1. The quantitative estimate of drug-likeness (QED) is 0.530. The third-order valence-electron chi connectivity index (χ3n) is 4.30. The van der Waals surface area contributed by atoms with Gasteiger partial charge in [-0.2, -0.15) is 0 Å². The maximum Gasteiger partial charge on any atom is 0.224 e. The van der Waals surface area contributed by atoms with Crippen LogP contribution in [0.3, 0.4) is 0 Å². The fraction of sp³-hybridized carbons (Fsp3) is 0.200. The molecule has 126 valence electrons. The minimum atomic E-state index is 0.0560. The molecule has 2 aromatic heterocycles. The molecule has 5 heteroatoms. The lowest BCUT2D eigenvalue weighted by Gasteiger charge is -2.05. The van der Waals surface area contributed by atoms with Crippen molar-refractivity contribution in [1.29, 1.82) is 0 Å². The number of fused-ring (bicyclic) bond motifs is 2. The smallest absolute Gasteiger partial charge is 0.224 e. The van der Waals surface area contributed by atoms with Gasteiger partial charge in [-0.3, -0.25) is 4.79 Å². The number of aryl methyl sites for hydroxylation is 2. The van der Waals surface area contributed by atoms with Crippen molar-refractivity contribution < 1.29 is 4.79 Å². The van der Waals surface area contributed by atoms with Crippen molar-refractivity contribution in [1.82, 2.24) is 9.97 Å². The van der Waals surface area contributed by atoms with Crippen molar-refractivity contribution in [3.63, 3.8) is 0 Å². The molecule has 4 nitrogen and oxygen atoms in total. The van der Waals surface area contributed by atoms with Crippen molar-refractivity contribution >= 4 is 44.1 Å². The predicted octanol–water partition coefficient (Wildman–Crippen LogP) is 5.05. The van der Waals surface area contributed by atoms with Crippen molar-refractivity contribution in [3.05, 3.63) is 59.2 Å². The number of hydrogen-bond donors (Lipinski definition) is 2. The fourth-order valence-electron chi connectivity index (χ4n) is 3.12. The number of nitrogens with zero attached hydrogens (tertiary/aromatic N) is 1. The van der Waals surface area contributed by atoms with Crippen LogP contribution >= 0.6 is 11.3 Å². The van der Waals surface area contributed by atoms with Gasteiger partial charge in [0.25, 0.3) is 0 Å². The van der Waals surface area contributed by atoms with Crippen LogP contribution < -0.4 is 5.32 Å². The number of H-pyrrole nitrogens is 1. The molecule has 0 radical (unpaired) electrons. The van der Waals surface area contributed by atoms with Crippen LogP contribution in [-0.2, 0) is 11.2 Å². The number of amides is 1. The summed E-state index contributed by atoms with van der Waals surface area (Å²) in [5.74, 6) is 0.0560. The average Bonchev–Trinajstić information content (AvgIpc) is 3.17. The van der Waals surface area contributed by atoms with E-state index in [1.807, 2.05) is 43.5 Å². The van der Waals surface area contributed by atoms with E-state index in [4.69, 9.17) is 0 Å². The summed E-state index contributed by atoms with van der Waals surface area (Å²) in [5, 5.41) is 5.28. The molecule has 0 bridgehead atoms. The van der Waals surface area contributed by atoms with Gasteiger partial charge in [0.05, 0.1) is 15.2 Å². The van der Waals surface area contributed by atoms with Crippen LogP contribution in [0.25, 0.3) is 21.1 Å². The van der Waals surface area contributed by atoms with E-state index in [1.54, 1.807) is 11.3 Å². The van der Waals surface area contributed by atoms with Gasteiger partial charge < -0.3 is 10.3 Å². The molecule has 1 amide bonds. The third-order valence-corrected chi connectivity index (χ3v) is 5.24. The molecule has 0 fully saturated rings. The van der Waals surface area contributed by atoms with Gasteiger partial charge in [-0.05, 0) is 49.6 Å². The highest BCUT2D eigenvalue weighted by Gasteiger charge is 2.07. The zero-order valence-electron chi connectivity index (χ0n) is 14.0. The van der Waals surface area contributed by atoms with Gasteiger partial charge >= 0.3 is 0 Å².